The number of ether oxygens (including phenoxy) is 1. The Kier molecular flexibility index (Phi) is 5.83. The minimum Gasteiger partial charge on any atom is -0.492 e. The summed E-state index contributed by atoms with van der Waals surface area (Å²) in [5.74, 6) is 0.951. The van der Waals surface area contributed by atoms with Crippen LogP contribution in [0.25, 0.3) is 0 Å². The third-order valence-corrected chi connectivity index (χ3v) is 3.75. The first-order chi connectivity index (χ1) is 9.63. The fourth-order valence-electron chi connectivity index (χ4n) is 2.46. The van der Waals surface area contributed by atoms with E-state index in [1.807, 2.05) is 19.1 Å². The fourth-order valence-corrected chi connectivity index (χ4v) is 2.46. The number of hydrogen-bond acceptors (Lipinski definition) is 4. The maximum atomic E-state index is 5.81. The summed E-state index contributed by atoms with van der Waals surface area (Å²) in [5, 5.41) is 0. The lowest BCUT2D eigenvalue weighted by molar-refractivity contribution is 0.133. The Balaban J connectivity index is 1.69. The fraction of sp³-hybridized carbons (Fsp3) is 0.625. The zero-order valence-electron chi connectivity index (χ0n) is 12.7. The zero-order valence-corrected chi connectivity index (χ0v) is 12.7. The van der Waals surface area contributed by atoms with Crippen molar-refractivity contribution in [1.29, 1.82) is 0 Å². The Labute approximate surface area is 122 Å². The van der Waals surface area contributed by atoms with Crippen LogP contribution in [0, 0.1) is 0 Å². The molecule has 0 amide bonds. The molecule has 1 aliphatic rings. The molecule has 4 nitrogen and oxygen atoms in total. The molecule has 20 heavy (non-hydrogen) atoms. The van der Waals surface area contributed by atoms with Gasteiger partial charge in [-0.2, -0.15) is 0 Å². The Morgan fingerprint density at radius 1 is 1.15 bits per heavy atom. The lowest BCUT2D eigenvalue weighted by Crippen LogP contribution is -2.45. The minimum atomic E-state index is 0.207. The van der Waals surface area contributed by atoms with Gasteiger partial charge in [-0.15, -0.1) is 0 Å². The third-order valence-electron chi connectivity index (χ3n) is 3.75. The van der Waals surface area contributed by atoms with Gasteiger partial charge >= 0.3 is 0 Å². The number of rotatable bonds is 6. The number of nitrogens with two attached hydrogens (primary N) is 1. The summed E-state index contributed by atoms with van der Waals surface area (Å²) in [4.78, 5) is 4.83. The standard InChI is InChI=1S/C16H27N3O/c1-14(17)13-15-3-5-16(6-4-15)20-12-11-19-9-7-18(2)8-10-19/h3-6,14H,7-13,17H2,1-2H3. The predicted molar refractivity (Wildman–Crippen MR) is 83.2 cm³/mol. The van der Waals surface area contributed by atoms with Gasteiger partial charge in [0, 0.05) is 38.8 Å². The van der Waals surface area contributed by atoms with Crippen LogP contribution >= 0.6 is 0 Å². The number of likely N-dealkylation sites (N-methyl/N-ethyl adjacent to an activating group) is 1. The summed E-state index contributed by atoms with van der Waals surface area (Å²) in [7, 11) is 2.18. The van der Waals surface area contributed by atoms with Gasteiger partial charge in [0.05, 0.1) is 0 Å². The summed E-state index contributed by atoms with van der Waals surface area (Å²) < 4.78 is 5.81. The monoisotopic (exact) mass is 277 g/mol. The average Bonchev–Trinajstić information content (AvgIpc) is 2.42. The summed E-state index contributed by atoms with van der Waals surface area (Å²) in [6, 6.07) is 8.51. The van der Waals surface area contributed by atoms with E-state index in [9.17, 15) is 0 Å². The van der Waals surface area contributed by atoms with E-state index in [1.54, 1.807) is 0 Å². The van der Waals surface area contributed by atoms with Gasteiger partial charge in [-0.3, -0.25) is 4.90 Å². The van der Waals surface area contributed by atoms with Crippen LogP contribution in [0.5, 0.6) is 5.75 Å². The summed E-state index contributed by atoms with van der Waals surface area (Å²) >= 11 is 0. The topological polar surface area (TPSA) is 41.7 Å². The lowest BCUT2D eigenvalue weighted by Gasteiger charge is -2.32. The smallest absolute Gasteiger partial charge is 0.119 e. The van der Waals surface area contributed by atoms with E-state index < -0.39 is 0 Å². The van der Waals surface area contributed by atoms with Gasteiger partial charge < -0.3 is 15.4 Å². The first-order valence-electron chi connectivity index (χ1n) is 7.52. The van der Waals surface area contributed by atoms with Crippen molar-refractivity contribution >= 4 is 0 Å². The van der Waals surface area contributed by atoms with Gasteiger partial charge in [0.15, 0.2) is 0 Å². The molecule has 0 saturated carbocycles. The number of piperazine rings is 1. The predicted octanol–water partition coefficient (Wildman–Crippen LogP) is 1.20. The molecule has 0 bridgehead atoms. The second-order valence-corrected chi connectivity index (χ2v) is 5.82. The van der Waals surface area contributed by atoms with Gasteiger partial charge in [-0.25, -0.2) is 0 Å². The van der Waals surface area contributed by atoms with E-state index in [0.717, 1.165) is 51.5 Å². The molecule has 1 saturated heterocycles. The summed E-state index contributed by atoms with van der Waals surface area (Å²) in [6.07, 6.45) is 0.918. The SMILES string of the molecule is CC(N)Cc1ccc(OCCN2CCN(C)CC2)cc1. The molecule has 1 atom stereocenters. The highest BCUT2D eigenvalue weighted by atomic mass is 16.5. The van der Waals surface area contributed by atoms with Crippen molar-refractivity contribution in [3.63, 3.8) is 0 Å². The molecule has 1 aromatic carbocycles. The number of hydrogen-bond donors (Lipinski definition) is 1. The van der Waals surface area contributed by atoms with Crippen LogP contribution in [0.1, 0.15) is 12.5 Å². The first-order valence-corrected chi connectivity index (χ1v) is 7.52. The van der Waals surface area contributed by atoms with E-state index in [1.165, 1.54) is 5.56 Å². The minimum absolute atomic E-state index is 0.207. The molecule has 1 fully saturated rings. The van der Waals surface area contributed by atoms with E-state index in [0.29, 0.717) is 0 Å². The number of benzene rings is 1. The molecule has 4 heteroatoms. The van der Waals surface area contributed by atoms with Crippen molar-refractivity contribution in [2.24, 2.45) is 5.73 Å². The zero-order chi connectivity index (χ0) is 14.4. The second kappa shape index (κ2) is 7.62. The summed E-state index contributed by atoms with van der Waals surface area (Å²) in [5.41, 5.74) is 7.06. The molecule has 2 N–H and O–H groups in total. The Bertz CT molecular complexity index is 383. The molecule has 0 aromatic heterocycles. The Hall–Kier alpha value is -1.10. The lowest BCUT2D eigenvalue weighted by atomic mass is 10.1. The quantitative estimate of drug-likeness (QED) is 0.848. The van der Waals surface area contributed by atoms with Crippen LogP contribution in [-0.2, 0) is 6.42 Å². The van der Waals surface area contributed by atoms with E-state index in [-0.39, 0.29) is 6.04 Å². The molecule has 0 aliphatic carbocycles. The maximum absolute atomic E-state index is 5.81. The van der Waals surface area contributed by atoms with Crippen LogP contribution in [0.3, 0.4) is 0 Å². The van der Waals surface area contributed by atoms with Crippen LogP contribution < -0.4 is 10.5 Å². The van der Waals surface area contributed by atoms with Crippen molar-refractivity contribution < 1.29 is 4.74 Å². The van der Waals surface area contributed by atoms with Gasteiger partial charge in [-0.1, -0.05) is 12.1 Å². The van der Waals surface area contributed by atoms with Crippen LogP contribution in [0.4, 0.5) is 0 Å². The Morgan fingerprint density at radius 3 is 2.40 bits per heavy atom. The van der Waals surface area contributed by atoms with Crippen molar-refractivity contribution in [3.05, 3.63) is 29.8 Å². The van der Waals surface area contributed by atoms with Crippen LogP contribution in [0.2, 0.25) is 0 Å². The molecular weight excluding hydrogens is 250 g/mol. The molecule has 0 spiro atoms. The first kappa shape index (κ1) is 15.3. The van der Waals surface area contributed by atoms with Gasteiger partial charge in [0.1, 0.15) is 12.4 Å². The van der Waals surface area contributed by atoms with Crippen molar-refractivity contribution in [2.45, 2.75) is 19.4 Å². The average molecular weight is 277 g/mol. The third kappa shape index (κ3) is 5.12. The van der Waals surface area contributed by atoms with Gasteiger partial charge in [-0.05, 0) is 38.1 Å². The molecule has 1 aromatic rings. The largest absolute Gasteiger partial charge is 0.492 e. The Morgan fingerprint density at radius 2 is 1.80 bits per heavy atom. The maximum Gasteiger partial charge on any atom is 0.119 e. The van der Waals surface area contributed by atoms with Crippen LogP contribution in [-0.4, -0.2) is 62.2 Å². The molecule has 0 radical (unpaired) electrons. The van der Waals surface area contributed by atoms with E-state index in [2.05, 4.69) is 29.0 Å². The van der Waals surface area contributed by atoms with Gasteiger partial charge in [0.2, 0.25) is 0 Å². The molecular formula is C16H27N3O. The highest BCUT2D eigenvalue weighted by molar-refractivity contribution is 5.27. The van der Waals surface area contributed by atoms with Crippen LogP contribution in [0.15, 0.2) is 24.3 Å². The highest BCUT2D eigenvalue weighted by Gasteiger charge is 2.13. The molecule has 2 rings (SSSR count). The van der Waals surface area contributed by atoms with Crippen molar-refractivity contribution in [2.75, 3.05) is 46.4 Å². The molecule has 1 unspecified atom stereocenters. The normalized spacial score (nSPS) is 18.9. The molecule has 1 heterocycles. The second-order valence-electron chi connectivity index (χ2n) is 5.82. The molecule has 1 aliphatic heterocycles. The van der Waals surface area contributed by atoms with Crippen molar-refractivity contribution in [3.8, 4) is 5.75 Å². The summed E-state index contributed by atoms with van der Waals surface area (Å²) in [6.45, 7) is 8.41. The van der Waals surface area contributed by atoms with E-state index in [4.69, 9.17) is 10.5 Å². The van der Waals surface area contributed by atoms with Crippen molar-refractivity contribution in [1.82, 2.24) is 9.80 Å². The molecule has 112 valence electrons. The number of nitrogens with zero attached hydrogens (tertiary/aromatic N) is 2. The van der Waals surface area contributed by atoms with E-state index >= 15 is 0 Å². The van der Waals surface area contributed by atoms with Gasteiger partial charge in [0.25, 0.3) is 0 Å². The highest BCUT2D eigenvalue weighted by Crippen LogP contribution is 2.13.